The van der Waals surface area contributed by atoms with Crippen LogP contribution in [0.5, 0.6) is 0 Å². The Bertz CT molecular complexity index is 903. The molecule has 0 radical (unpaired) electrons. The molecule has 1 aromatic heterocycles. The number of rotatable bonds is 6. The largest absolute Gasteiger partial charge is 0.348 e. The first-order chi connectivity index (χ1) is 14.0. The fraction of sp³-hybridized carbons (Fsp3) is 0.478. The van der Waals surface area contributed by atoms with Gasteiger partial charge in [-0.05, 0) is 37.0 Å². The molecule has 2 aliphatic rings. The summed E-state index contributed by atoms with van der Waals surface area (Å²) in [4.78, 5) is 29.5. The Balaban J connectivity index is 1.62. The average molecular weight is 397 g/mol. The number of nitrogens with zero attached hydrogens (tertiary/aromatic N) is 3. The molecule has 2 aromatic rings. The molecule has 2 amide bonds. The highest BCUT2D eigenvalue weighted by molar-refractivity contribution is 5.87. The van der Waals surface area contributed by atoms with Gasteiger partial charge in [-0.3, -0.25) is 9.59 Å². The van der Waals surface area contributed by atoms with Crippen LogP contribution in [0.25, 0.3) is 0 Å². The van der Waals surface area contributed by atoms with Crippen molar-refractivity contribution in [1.82, 2.24) is 14.4 Å². The van der Waals surface area contributed by atoms with Crippen molar-refractivity contribution in [2.75, 3.05) is 19.6 Å². The Morgan fingerprint density at radius 1 is 1.14 bits per heavy atom. The number of hydrogen-bond donors (Lipinski definition) is 0. The van der Waals surface area contributed by atoms with E-state index in [-0.39, 0.29) is 36.0 Å². The maximum atomic E-state index is 14.7. The molecule has 4 rings (SSSR count). The Kier molecular flexibility index (Phi) is 5.43. The fourth-order valence-corrected chi connectivity index (χ4v) is 4.19. The van der Waals surface area contributed by atoms with Gasteiger partial charge < -0.3 is 14.4 Å². The molecule has 2 heterocycles. The molecule has 1 fully saturated rings. The molecule has 0 N–H and O–H groups in total. The van der Waals surface area contributed by atoms with Crippen LogP contribution in [-0.4, -0.2) is 45.8 Å². The molecule has 29 heavy (non-hydrogen) atoms. The van der Waals surface area contributed by atoms with Gasteiger partial charge in [0.2, 0.25) is 11.8 Å². The fourth-order valence-electron chi connectivity index (χ4n) is 4.19. The van der Waals surface area contributed by atoms with Crippen LogP contribution in [0.2, 0.25) is 0 Å². The maximum absolute atomic E-state index is 14.7. The molecule has 5 nitrogen and oxygen atoms in total. The highest BCUT2D eigenvalue weighted by Crippen LogP contribution is 2.35. The summed E-state index contributed by atoms with van der Waals surface area (Å²) >= 11 is 0. The Morgan fingerprint density at radius 3 is 2.59 bits per heavy atom. The normalized spacial score (nSPS) is 18.6. The topological polar surface area (TPSA) is 45.6 Å². The van der Waals surface area contributed by atoms with Crippen molar-refractivity contribution in [3.8, 4) is 0 Å². The summed E-state index contributed by atoms with van der Waals surface area (Å²) in [5.41, 5.74) is 1.39. The van der Waals surface area contributed by atoms with E-state index in [1.165, 1.54) is 6.07 Å². The number of aromatic nitrogens is 1. The second-order valence-electron chi connectivity index (χ2n) is 8.52. The molecule has 1 unspecified atom stereocenters. The van der Waals surface area contributed by atoms with Gasteiger partial charge in [0, 0.05) is 43.0 Å². The Morgan fingerprint density at radius 2 is 1.90 bits per heavy atom. The van der Waals surface area contributed by atoms with Crippen molar-refractivity contribution in [3.05, 3.63) is 59.7 Å². The molecule has 1 aromatic carbocycles. The molecule has 0 spiro atoms. The number of carbonyl (C=O) groups is 2. The zero-order valence-electron chi connectivity index (χ0n) is 17.1. The van der Waals surface area contributed by atoms with Crippen LogP contribution in [-0.2, 0) is 16.1 Å². The summed E-state index contributed by atoms with van der Waals surface area (Å²) in [6.45, 7) is 5.88. The first kappa shape index (κ1) is 19.7. The van der Waals surface area contributed by atoms with Crippen LogP contribution in [0.1, 0.15) is 44.0 Å². The van der Waals surface area contributed by atoms with Gasteiger partial charge in [0.15, 0.2) is 0 Å². The van der Waals surface area contributed by atoms with Crippen LogP contribution in [0.3, 0.4) is 0 Å². The quantitative estimate of drug-likeness (QED) is 0.749. The monoisotopic (exact) mass is 397 g/mol. The molecule has 6 heteroatoms. The number of benzene rings is 1. The van der Waals surface area contributed by atoms with E-state index in [9.17, 15) is 14.0 Å². The van der Waals surface area contributed by atoms with Crippen molar-refractivity contribution in [2.24, 2.45) is 11.8 Å². The molecule has 1 aliphatic carbocycles. The predicted molar refractivity (Wildman–Crippen MR) is 109 cm³/mol. The lowest BCUT2D eigenvalue weighted by molar-refractivity contribution is -0.143. The summed E-state index contributed by atoms with van der Waals surface area (Å²) in [6, 6.07) is 10.0. The van der Waals surface area contributed by atoms with Crippen molar-refractivity contribution in [3.63, 3.8) is 0 Å². The predicted octanol–water partition coefficient (Wildman–Crippen LogP) is 3.45. The van der Waals surface area contributed by atoms with Gasteiger partial charge in [-0.1, -0.05) is 32.0 Å². The first-order valence-corrected chi connectivity index (χ1v) is 10.4. The van der Waals surface area contributed by atoms with Crippen LogP contribution in [0.4, 0.5) is 4.39 Å². The van der Waals surface area contributed by atoms with Gasteiger partial charge in [-0.15, -0.1) is 0 Å². The third-order valence-corrected chi connectivity index (χ3v) is 5.71. The molecule has 1 saturated carbocycles. The number of carbonyl (C=O) groups excluding carboxylic acids is 2. The second kappa shape index (κ2) is 8.01. The summed E-state index contributed by atoms with van der Waals surface area (Å²) in [6.07, 6.45) is 3.79. The standard InChI is InChI=1S/C23H28FN3O2/c1-16(2)14-26(23(29)17-9-10-17)15-21(28)27-13-12-25-11-5-8-20(25)22(27)18-6-3-4-7-19(18)24/h3-8,11,16-17,22H,9-10,12-15H2,1-2H3. The van der Waals surface area contributed by atoms with E-state index in [1.807, 2.05) is 32.2 Å². The molecule has 0 bridgehead atoms. The van der Waals surface area contributed by atoms with Gasteiger partial charge >= 0.3 is 0 Å². The van der Waals surface area contributed by atoms with Crippen molar-refractivity contribution in [1.29, 1.82) is 0 Å². The summed E-state index contributed by atoms with van der Waals surface area (Å²) < 4.78 is 16.7. The SMILES string of the molecule is CC(C)CN(CC(=O)N1CCn2cccc2C1c1ccccc1F)C(=O)C1CC1. The highest BCUT2D eigenvalue weighted by atomic mass is 19.1. The minimum atomic E-state index is -0.482. The van der Waals surface area contributed by atoms with E-state index in [4.69, 9.17) is 0 Å². The zero-order valence-corrected chi connectivity index (χ0v) is 17.1. The number of hydrogen-bond acceptors (Lipinski definition) is 2. The highest BCUT2D eigenvalue weighted by Gasteiger charge is 2.37. The van der Waals surface area contributed by atoms with Crippen LogP contribution >= 0.6 is 0 Å². The summed E-state index contributed by atoms with van der Waals surface area (Å²) in [5.74, 6) is -0.0118. The van der Waals surface area contributed by atoms with E-state index in [1.54, 1.807) is 28.0 Å². The molecule has 1 atom stereocenters. The Hall–Kier alpha value is -2.63. The van der Waals surface area contributed by atoms with Gasteiger partial charge in [0.05, 0.1) is 6.54 Å². The first-order valence-electron chi connectivity index (χ1n) is 10.4. The van der Waals surface area contributed by atoms with E-state index < -0.39 is 6.04 Å². The van der Waals surface area contributed by atoms with Gasteiger partial charge in [-0.2, -0.15) is 0 Å². The Labute approximate surface area is 171 Å². The number of amides is 2. The second-order valence-corrected chi connectivity index (χ2v) is 8.52. The van der Waals surface area contributed by atoms with Crippen molar-refractivity contribution in [2.45, 2.75) is 39.3 Å². The van der Waals surface area contributed by atoms with Crippen molar-refractivity contribution >= 4 is 11.8 Å². The van der Waals surface area contributed by atoms with Gasteiger partial charge in [-0.25, -0.2) is 4.39 Å². The summed E-state index contributed by atoms with van der Waals surface area (Å²) in [7, 11) is 0. The molecular weight excluding hydrogens is 369 g/mol. The number of halogens is 1. The van der Waals surface area contributed by atoms with Crippen LogP contribution < -0.4 is 0 Å². The molecule has 0 saturated heterocycles. The third-order valence-electron chi connectivity index (χ3n) is 5.71. The lowest BCUT2D eigenvalue weighted by Gasteiger charge is -2.38. The van der Waals surface area contributed by atoms with Crippen molar-refractivity contribution < 1.29 is 14.0 Å². The van der Waals surface area contributed by atoms with E-state index in [0.717, 1.165) is 18.5 Å². The van der Waals surface area contributed by atoms with E-state index >= 15 is 0 Å². The summed E-state index contributed by atoms with van der Waals surface area (Å²) in [5, 5.41) is 0. The minimum Gasteiger partial charge on any atom is -0.348 e. The van der Waals surface area contributed by atoms with Gasteiger partial charge in [0.25, 0.3) is 0 Å². The maximum Gasteiger partial charge on any atom is 0.243 e. The minimum absolute atomic E-state index is 0.0547. The van der Waals surface area contributed by atoms with Crippen LogP contribution in [0, 0.1) is 17.7 Å². The van der Waals surface area contributed by atoms with Gasteiger partial charge in [0.1, 0.15) is 11.9 Å². The third kappa shape index (κ3) is 4.07. The lowest BCUT2D eigenvalue weighted by atomic mass is 9.99. The molecule has 1 aliphatic heterocycles. The van der Waals surface area contributed by atoms with E-state index in [0.29, 0.717) is 25.2 Å². The van der Waals surface area contributed by atoms with Crippen LogP contribution in [0.15, 0.2) is 42.6 Å². The smallest absolute Gasteiger partial charge is 0.243 e. The zero-order chi connectivity index (χ0) is 20.5. The molecular formula is C23H28FN3O2. The number of fused-ring (bicyclic) bond motifs is 1. The average Bonchev–Trinajstić information content (AvgIpc) is 3.43. The lowest BCUT2D eigenvalue weighted by Crippen LogP contribution is -2.49. The van der Waals surface area contributed by atoms with E-state index in [2.05, 4.69) is 4.57 Å². The molecule has 154 valence electrons.